The Kier molecular flexibility index (Phi) is 10.4. The summed E-state index contributed by atoms with van der Waals surface area (Å²) in [4.78, 5) is 2.74. The van der Waals surface area contributed by atoms with Gasteiger partial charge in [-0.25, -0.2) is 0 Å². The van der Waals surface area contributed by atoms with Crippen molar-refractivity contribution in [3.8, 4) is 17.1 Å². The minimum absolute atomic E-state index is 0.00557. The van der Waals surface area contributed by atoms with Gasteiger partial charge in [-0.2, -0.15) is 0 Å². The second-order valence-corrected chi connectivity index (χ2v) is 31.1. The van der Waals surface area contributed by atoms with Crippen molar-refractivity contribution in [2.75, 3.05) is 4.90 Å². The van der Waals surface area contributed by atoms with E-state index in [4.69, 9.17) is 0 Å². The lowest BCUT2D eigenvalue weighted by Gasteiger charge is -2.43. The molecule has 0 saturated heterocycles. The minimum Gasteiger partial charge on any atom is -0.310 e. The maximum Gasteiger partial charge on any atom is 0.264 e. The molecule has 3 aliphatic rings. The lowest BCUT2D eigenvalue weighted by atomic mass is 9.36. The molecule has 0 unspecified atom stereocenters. The molecule has 4 aromatic heterocycles. The molecule has 0 saturated carbocycles. The highest BCUT2D eigenvalue weighted by Crippen LogP contribution is 2.54. The summed E-state index contributed by atoms with van der Waals surface area (Å²) >= 11 is 2.02. The molecule has 0 atom stereocenters. The highest BCUT2D eigenvalue weighted by atomic mass is 32.1. The summed E-state index contributed by atoms with van der Waals surface area (Å²) in [5, 5.41) is 11.6. The molecule has 6 heteroatoms. The number of hydrogen-bond donors (Lipinski definition) is 0. The Labute approximate surface area is 509 Å². The van der Waals surface area contributed by atoms with Crippen LogP contribution in [0.15, 0.2) is 182 Å². The van der Waals surface area contributed by atoms with Gasteiger partial charge in [0.1, 0.15) is 0 Å². The van der Waals surface area contributed by atoms with Crippen LogP contribution >= 0.6 is 11.3 Å². The first-order valence-corrected chi connectivity index (χ1v) is 32.1. The highest BCUT2D eigenvalue weighted by molar-refractivity contribution is 7.33. The third-order valence-electron chi connectivity index (χ3n) is 20.7. The number of thiophene rings is 1. The van der Waals surface area contributed by atoms with Crippen molar-refractivity contribution in [3.63, 3.8) is 0 Å². The van der Waals surface area contributed by atoms with E-state index in [9.17, 15) is 0 Å². The molecule has 1 aliphatic carbocycles. The summed E-state index contributed by atoms with van der Waals surface area (Å²) < 4.78 is 10.7. The predicted molar refractivity (Wildman–Crippen MR) is 373 cm³/mol. The van der Waals surface area contributed by atoms with E-state index in [0.717, 1.165) is 17.8 Å². The second-order valence-electron chi connectivity index (χ2n) is 30.0. The maximum absolute atomic E-state index is 2.75. The molecule has 86 heavy (non-hydrogen) atoms. The number of para-hydroxylation sites is 3. The fourth-order valence-electron chi connectivity index (χ4n) is 16.0. The summed E-state index contributed by atoms with van der Waals surface area (Å²) in [6.07, 6.45) is 2.31. The first kappa shape index (κ1) is 52.0. The van der Waals surface area contributed by atoms with Crippen molar-refractivity contribution < 1.29 is 0 Å². The van der Waals surface area contributed by atoms with Crippen LogP contribution in [-0.4, -0.2) is 20.4 Å². The van der Waals surface area contributed by atoms with Crippen molar-refractivity contribution in [1.29, 1.82) is 0 Å². The molecular formula is C80H73BN4S. The number of benzene rings is 10. The van der Waals surface area contributed by atoms with Gasteiger partial charge >= 0.3 is 0 Å². The number of aromatic nitrogens is 3. The normalized spacial score (nSPS) is 15.5. The van der Waals surface area contributed by atoms with Crippen LogP contribution in [0.25, 0.3) is 103 Å². The zero-order chi connectivity index (χ0) is 59.0. The smallest absolute Gasteiger partial charge is 0.264 e. The van der Waals surface area contributed by atoms with Crippen LogP contribution in [0.5, 0.6) is 0 Å². The predicted octanol–water partition coefficient (Wildman–Crippen LogP) is 20.2. The lowest BCUT2D eigenvalue weighted by Crippen LogP contribution is -2.59. The number of nitrogens with zero attached hydrogens (tertiary/aromatic N) is 4. The van der Waals surface area contributed by atoms with Gasteiger partial charge in [-0.15, -0.1) is 11.3 Å². The van der Waals surface area contributed by atoms with Crippen LogP contribution < -0.4 is 20.6 Å². The first-order chi connectivity index (χ1) is 41.1. The number of anilines is 3. The Hall–Kier alpha value is -8.32. The van der Waals surface area contributed by atoms with E-state index >= 15 is 0 Å². The molecule has 0 N–H and O–H groups in total. The largest absolute Gasteiger partial charge is 0.310 e. The van der Waals surface area contributed by atoms with Gasteiger partial charge in [-0.05, 0) is 157 Å². The van der Waals surface area contributed by atoms with Crippen LogP contribution in [0.4, 0.5) is 17.1 Å². The fourth-order valence-corrected chi connectivity index (χ4v) is 17.4. The molecule has 0 bridgehead atoms. The van der Waals surface area contributed by atoms with Gasteiger partial charge in [0.15, 0.2) is 0 Å². The summed E-state index contributed by atoms with van der Waals surface area (Å²) in [5.41, 5.74) is 24.5. The van der Waals surface area contributed by atoms with E-state index in [1.165, 1.54) is 159 Å². The fraction of sp³-hybridized carbons (Fsp3) is 0.250. The standard InChI is InChI=1S/C80H73BN4S/c1-76(2,3)46-31-36-63-57(40-46)58-41-47(77(4,5)6)32-37-64(58)82(63)51-44-65-70-66(45-51)85-71-56(69-72(85)53-25-18-17-24-52(53)68-54-26-19-20-29-62(54)83(74(68)69)49-22-15-14-16-23-49)27-21-28-61(71)81(70)75-73(55-34-30-48(78(7,8)9)42-67(55)86-75)84(65)50-33-35-59-60(43-50)80(12,13)39-38-79(59,10)11/h14-37,40-45H,38-39H2,1-13H3. The van der Waals surface area contributed by atoms with Crippen molar-refractivity contribution >= 4 is 137 Å². The molecule has 14 aromatic rings. The van der Waals surface area contributed by atoms with E-state index in [2.05, 4.69) is 291 Å². The zero-order valence-corrected chi connectivity index (χ0v) is 52.8. The molecule has 0 spiro atoms. The molecule has 422 valence electrons. The van der Waals surface area contributed by atoms with Crippen molar-refractivity contribution in [2.45, 2.75) is 130 Å². The van der Waals surface area contributed by atoms with Crippen molar-refractivity contribution in [3.05, 3.63) is 210 Å². The monoisotopic (exact) mass is 1130 g/mol. The third-order valence-corrected chi connectivity index (χ3v) is 21.9. The number of fused-ring (bicyclic) bond motifs is 20. The summed E-state index contributed by atoms with van der Waals surface area (Å²) in [5.74, 6) is 0. The van der Waals surface area contributed by atoms with E-state index in [0.29, 0.717) is 0 Å². The molecule has 0 radical (unpaired) electrons. The molecule has 4 nitrogen and oxygen atoms in total. The van der Waals surface area contributed by atoms with E-state index in [-0.39, 0.29) is 33.8 Å². The lowest BCUT2D eigenvalue weighted by molar-refractivity contribution is 0.332. The second kappa shape index (κ2) is 17.2. The van der Waals surface area contributed by atoms with Gasteiger partial charge in [0.25, 0.3) is 6.71 Å². The SMILES string of the molecule is CC(C)(C)c1ccc2c3c(sc2c1)B1c2c(cc(-n4c5ccc(C(C)(C)C)cc5c5cc(C(C)(C)C)ccc54)cc2-n2c4c1cccc4c1c4c(c5ccccc5c12)c1ccccc1n4-c1ccccc1)N3c1ccc2c(c1)C(C)(C)CCC2(C)C. The highest BCUT2D eigenvalue weighted by Gasteiger charge is 2.46. The average molecular weight is 1130 g/mol. The van der Waals surface area contributed by atoms with Gasteiger partial charge < -0.3 is 18.6 Å². The molecule has 6 heterocycles. The van der Waals surface area contributed by atoms with Crippen molar-refractivity contribution in [2.24, 2.45) is 0 Å². The topological polar surface area (TPSA) is 18.0 Å². The van der Waals surface area contributed by atoms with Gasteiger partial charge in [0.2, 0.25) is 0 Å². The molecule has 0 fully saturated rings. The molecule has 17 rings (SSSR count). The van der Waals surface area contributed by atoms with Gasteiger partial charge in [-0.3, -0.25) is 0 Å². The van der Waals surface area contributed by atoms with Crippen molar-refractivity contribution in [1.82, 2.24) is 13.7 Å². The van der Waals surface area contributed by atoms with Crippen LogP contribution in [0.1, 0.15) is 131 Å². The molecule has 2 aliphatic heterocycles. The first-order valence-electron chi connectivity index (χ1n) is 31.3. The molecular weight excluding hydrogens is 1060 g/mol. The van der Waals surface area contributed by atoms with E-state index < -0.39 is 0 Å². The number of hydrogen-bond acceptors (Lipinski definition) is 2. The Morgan fingerprint density at radius 3 is 1.66 bits per heavy atom. The Bertz CT molecular complexity index is 5230. The van der Waals surface area contributed by atoms with E-state index in [1.54, 1.807) is 0 Å². The van der Waals surface area contributed by atoms with Crippen LogP contribution in [0.2, 0.25) is 0 Å². The Morgan fingerprint density at radius 1 is 0.395 bits per heavy atom. The molecule has 0 amide bonds. The molecule has 10 aromatic carbocycles. The Balaban J connectivity index is 1.09. The average Bonchev–Trinajstić information content (AvgIpc) is 1.46. The van der Waals surface area contributed by atoms with Crippen LogP contribution in [0, 0.1) is 0 Å². The Morgan fingerprint density at radius 2 is 0.977 bits per heavy atom. The minimum atomic E-state index is -0.0483. The maximum atomic E-state index is 2.75. The zero-order valence-electron chi connectivity index (χ0n) is 52.0. The van der Waals surface area contributed by atoms with Gasteiger partial charge in [0.05, 0.1) is 39.0 Å². The van der Waals surface area contributed by atoms with Gasteiger partial charge in [0, 0.05) is 80.8 Å². The third kappa shape index (κ3) is 7.05. The van der Waals surface area contributed by atoms with Crippen LogP contribution in [0.3, 0.4) is 0 Å². The van der Waals surface area contributed by atoms with Gasteiger partial charge in [-0.1, -0.05) is 199 Å². The van der Waals surface area contributed by atoms with E-state index in [1.807, 2.05) is 11.3 Å². The summed E-state index contributed by atoms with van der Waals surface area (Å²) in [6, 6.07) is 71.6. The number of rotatable bonds is 3. The summed E-state index contributed by atoms with van der Waals surface area (Å²) in [6.45, 7) is 31.0. The van der Waals surface area contributed by atoms with Crippen LogP contribution in [-0.2, 0) is 27.1 Å². The quantitative estimate of drug-likeness (QED) is 0.161. The summed E-state index contributed by atoms with van der Waals surface area (Å²) in [7, 11) is 0.